The number of hydrogen-bond acceptors (Lipinski definition) is 2. The molecule has 0 spiro atoms. The second kappa shape index (κ2) is 6.37. The topological polar surface area (TPSA) is 55.1 Å². The summed E-state index contributed by atoms with van der Waals surface area (Å²) in [6.07, 6.45) is 0. The van der Waals surface area contributed by atoms with Crippen molar-refractivity contribution in [2.24, 2.45) is 5.73 Å². The maximum Gasteiger partial charge on any atom is 0.245 e. The van der Waals surface area contributed by atoms with Gasteiger partial charge in [-0.2, -0.15) is 0 Å². The number of rotatable bonds is 3. The molecule has 0 fully saturated rings. The summed E-state index contributed by atoms with van der Waals surface area (Å²) in [6, 6.07) is 12.8. The number of carbonyl (C=O) groups excluding carboxylic acids is 1. The summed E-state index contributed by atoms with van der Waals surface area (Å²) in [7, 11) is 0. The van der Waals surface area contributed by atoms with Crippen LogP contribution in [0.5, 0.6) is 0 Å². The van der Waals surface area contributed by atoms with Gasteiger partial charge in [0.05, 0.1) is 0 Å². The molecule has 0 bridgehead atoms. The summed E-state index contributed by atoms with van der Waals surface area (Å²) in [5.41, 5.74) is 9.91. The number of amides is 1. The van der Waals surface area contributed by atoms with Crippen LogP contribution >= 0.6 is 22.6 Å². The van der Waals surface area contributed by atoms with Gasteiger partial charge in [-0.05, 0) is 59.7 Å². The van der Waals surface area contributed by atoms with Gasteiger partial charge in [-0.25, -0.2) is 0 Å². The Bertz CT molecular complexity index is 623. The van der Waals surface area contributed by atoms with E-state index in [1.807, 2.05) is 56.3 Å². The summed E-state index contributed by atoms with van der Waals surface area (Å²) < 4.78 is 1.12. The van der Waals surface area contributed by atoms with E-state index in [-0.39, 0.29) is 5.91 Å². The third-order valence-electron chi connectivity index (χ3n) is 3.16. The van der Waals surface area contributed by atoms with Crippen molar-refractivity contribution in [3.63, 3.8) is 0 Å². The molecule has 2 aromatic rings. The number of nitrogens with two attached hydrogens (primary N) is 1. The lowest BCUT2D eigenvalue weighted by Gasteiger charge is -2.13. The molecule has 20 heavy (non-hydrogen) atoms. The number of anilines is 1. The minimum Gasteiger partial charge on any atom is -0.324 e. The molecular weight excluding hydrogens is 363 g/mol. The molecule has 0 aliphatic rings. The van der Waals surface area contributed by atoms with Gasteiger partial charge in [0.25, 0.3) is 0 Å². The van der Waals surface area contributed by atoms with Crippen molar-refractivity contribution >= 4 is 34.2 Å². The maximum atomic E-state index is 12.2. The largest absolute Gasteiger partial charge is 0.324 e. The molecule has 0 aliphatic carbocycles. The summed E-state index contributed by atoms with van der Waals surface area (Å²) in [5, 5.41) is 2.85. The predicted octanol–water partition coefficient (Wildman–Crippen LogP) is 3.55. The second-order valence-corrected chi connectivity index (χ2v) is 6.00. The van der Waals surface area contributed by atoms with E-state index in [0.717, 1.165) is 20.4 Å². The van der Waals surface area contributed by atoms with Crippen LogP contribution in [0.25, 0.3) is 0 Å². The molecular formula is C16H17IN2O. The average molecular weight is 380 g/mol. The first kappa shape index (κ1) is 15.0. The lowest BCUT2D eigenvalue weighted by molar-refractivity contribution is -0.117. The minimum atomic E-state index is -0.658. The summed E-state index contributed by atoms with van der Waals surface area (Å²) in [4.78, 5) is 12.2. The summed E-state index contributed by atoms with van der Waals surface area (Å²) in [6.45, 7) is 4.04. The number of aryl methyl sites for hydroxylation is 2. The highest BCUT2D eigenvalue weighted by molar-refractivity contribution is 14.1. The molecule has 104 valence electrons. The quantitative estimate of drug-likeness (QED) is 0.801. The van der Waals surface area contributed by atoms with E-state index in [4.69, 9.17) is 5.73 Å². The molecule has 0 radical (unpaired) electrons. The van der Waals surface area contributed by atoms with Crippen molar-refractivity contribution in [2.45, 2.75) is 19.9 Å². The molecule has 3 nitrogen and oxygen atoms in total. The standard InChI is InChI=1S/C16H17IN2O/c1-10-3-6-12(7-4-10)15(18)16(20)19-13-8-5-11(2)14(17)9-13/h3-9,15H,18H2,1-2H3,(H,19,20). The Hall–Kier alpha value is -1.40. The first-order valence-electron chi connectivity index (χ1n) is 6.36. The summed E-state index contributed by atoms with van der Waals surface area (Å²) >= 11 is 2.25. The van der Waals surface area contributed by atoms with Gasteiger partial charge in [-0.3, -0.25) is 4.79 Å². The summed E-state index contributed by atoms with van der Waals surface area (Å²) in [5.74, 6) is -0.200. The molecule has 0 aromatic heterocycles. The number of hydrogen-bond donors (Lipinski definition) is 2. The Labute approximate surface area is 132 Å². The molecule has 3 N–H and O–H groups in total. The fourth-order valence-electron chi connectivity index (χ4n) is 1.82. The van der Waals surface area contributed by atoms with Crippen LogP contribution in [-0.2, 0) is 4.79 Å². The molecule has 0 saturated carbocycles. The monoisotopic (exact) mass is 380 g/mol. The van der Waals surface area contributed by atoms with E-state index in [9.17, 15) is 4.79 Å². The van der Waals surface area contributed by atoms with E-state index >= 15 is 0 Å². The molecule has 0 aliphatic heterocycles. The van der Waals surface area contributed by atoms with Crippen molar-refractivity contribution in [2.75, 3.05) is 5.32 Å². The van der Waals surface area contributed by atoms with E-state index in [0.29, 0.717) is 0 Å². The first-order valence-corrected chi connectivity index (χ1v) is 7.44. The molecule has 4 heteroatoms. The van der Waals surface area contributed by atoms with Gasteiger partial charge in [0, 0.05) is 9.26 Å². The fourth-order valence-corrected chi connectivity index (χ4v) is 2.33. The third-order valence-corrected chi connectivity index (χ3v) is 4.32. The Balaban J connectivity index is 2.11. The molecule has 2 rings (SSSR count). The molecule has 1 amide bonds. The second-order valence-electron chi connectivity index (χ2n) is 4.84. The van der Waals surface area contributed by atoms with E-state index < -0.39 is 6.04 Å². The highest BCUT2D eigenvalue weighted by Gasteiger charge is 2.15. The zero-order valence-electron chi connectivity index (χ0n) is 11.5. The molecule has 0 saturated heterocycles. The van der Waals surface area contributed by atoms with Crippen molar-refractivity contribution in [1.29, 1.82) is 0 Å². The molecule has 0 heterocycles. The van der Waals surface area contributed by atoms with Crippen LogP contribution in [0.3, 0.4) is 0 Å². The van der Waals surface area contributed by atoms with Gasteiger partial charge in [0.1, 0.15) is 6.04 Å². The lowest BCUT2D eigenvalue weighted by Crippen LogP contribution is -2.27. The Kier molecular flexibility index (Phi) is 4.77. The van der Waals surface area contributed by atoms with Crippen LogP contribution < -0.4 is 11.1 Å². The number of carbonyl (C=O) groups is 1. The number of halogens is 1. The van der Waals surface area contributed by atoms with E-state index in [2.05, 4.69) is 27.9 Å². The third kappa shape index (κ3) is 3.58. The zero-order valence-corrected chi connectivity index (χ0v) is 13.6. The van der Waals surface area contributed by atoms with Gasteiger partial charge in [0.15, 0.2) is 0 Å². The van der Waals surface area contributed by atoms with Crippen molar-refractivity contribution in [1.82, 2.24) is 0 Å². The molecule has 1 unspecified atom stereocenters. The van der Waals surface area contributed by atoms with Crippen LogP contribution in [0.4, 0.5) is 5.69 Å². The Morgan fingerprint density at radius 2 is 1.80 bits per heavy atom. The number of benzene rings is 2. The van der Waals surface area contributed by atoms with E-state index in [1.54, 1.807) is 0 Å². The van der Waals surface area contributed by atoms with Crippen molar-refractivity contribution in [3.8, 4) is 0 Å². The normalized spacial score (nSPS) is 12.0. The average Bonchev–Trinajstić information content (AvgIpc) is 2.43. The van der Waals surface area contributed by atoms with Gasteiger partial charge in [0.2, 0.25) is 5.91 Å². The highest BCUT2D eigenvalue weighted by atomic mass is 127. The Morgan fingerprint density at radius 1 is 1.15 bits per heavy atom. The van der Waals surface area contributed by atoms with Gasteiger partial charge in [-0.1, -0.05) is 35.9 Å². The Morgan fingerprint density at radius 3 is 2.40 bits per heavy atom. The van der Waals surface area contributed by atoms with Crippen LogP contribution in [0.2, 0.25) is 0 Å². The zero-order chi connectivity index (χ0) is 14.7. The molecule has 2 aromatic carbocycles. The van der Waals surface area contributed by atoms with Crippen molar-refractivity contribution in [3.05, 3.63) is 62.7 Å². The highest BCUT2D eigenvalue weighted by Crippen LogP contribution is 2.19. The van der Waals surface area contributed by atoms with Gasteiger partial charge < -0.3 is 11.1 Å². The maximum absolute atomic E-state index is 12.2. The first-order chi connectivity index (χ1) is 9.47. The number of nitrogens with one attached hydrogen (secondary N) is 1. The van der Waals surface area contributed by atoms with Crippen LogP contribution in [-0.4, -0.2) is 5.91 Å². The van der Waals surface area contributed by atoms with Gasteiger partial charge in [-0.15, -0.1) is 0 Å². The van der Waals surface area contributed by atoms with Gasteiger partial charge >= 0.3 is 0 Å². The minimum absolute atomic E-state index is 0.200. The van der Waals surface area contributed by atoms with Crippen molar-refractivity contribution < 1.29 is 4.79 Å². The van der Waals surface area contributed by atoms with Crippen LogP contribution in [0.15, 0.2) is 42.5 Å². The smallest absolute Gasteiger partial charge is 0.245 e. The predicted molar refractivity (Wildman–Crippen MR) is 90.6 cm³/mol. The molecule has 1 atom stereocenters. The SMILES string of the molecule is Cc1ccc(C(N)C(=O)Nc2ccc(C)c(I)c2)cc1. The fraction of sp³-hybridized carbons (Fsp3) is 0.188. The lowest BCUT2D eigenvalue weighted by atomic mass is 10.1. The van der Waals surface area contributed by atoms with Crippen LogP contribution in [0, 0.1) is 17.4 Å². The van der Waals surface area contributed by atoms with E-state index in [1.165, 1.54) is 5.56 Å². The van der Waals surface area contributed by atoms with Crippen LogP contribution in [0.1, 0.15) is 22.7 Å².